The molecule has 0 aliphatic heterocycles. The van der Waals surface area contributed by atoms with E-state index in [-0.39, 0.29) is 11.8 Å². The molecule has 3 N–H and O–H groups in total. The Morgan fingerprint density at radius 2 is 2.11 bits per heavy atom. The standard InChI is InChI=1S/C13H20N4OS/c1-8(11-9(2)17-19-12(11)14)15-16-13(18)10-6-4-3-5-7-10/h10H,3-7,14H2,1-2H3,(H,16,18)/b15-8-. The normalized spacial score (nSPS) is 17.5. The van der Waals surface area contributed by atoms with Crippen LogP contribution in [0.25, 0.3) is 0 Å². The SMILES string of the molecule is C/C(=N/NC(=O)C1CCCCC1)c1c(C)nsc1N. The molecule has 5 nitrogen and oxygen atoms in total. The summed E-state index contributed by atoms with van der Waals surface area (Å²) in [5.74, 6) is 0.141. The number of amides is 1. The third-order valence-electron chi connectivity index (χ3n) is 3.56. The van der Waals surface area contributed by atoms with Crippen molar-refractivity contribution in [2.24, 2.45) is 11.0 Å². The molecule has 0 atom stereocenters. The minimum atomic E-state index is 0.0264. The van der Waals surface area contributed by atoms with E-state index in [0.29, 0.717) is 10.7 Å². The summed E-state index contributed by atoms with van der Waals surface area (Å²) < 4.78 is 4.18. The Kier molecular flexibility index (Phi) is 4.52. The van der Waals surface area contributed by atoms with Gasteiger partial charge in [0, 0.05) is 5.92 Å². The number of anilines is 1. The first-order valence-electron chi connectivity index (χ1n) is 6.66. The number of nitrogens with two attached hydrogens (primary N) is 1. The molecule has 0 spiro atoms. The van der Waals surface area contributed by atoms with Crippen LogP contribution in [-0.4, -0.2) is 16.0 Å². The fourth-order valence-electron chi connectivity index (χ4n) is 2.48. The molecule has 1 aromatic heterocycles. The average Bonchev–Trinajstić information content (AvgIpc) is 2.76. The van der Waals surface area contributed by atoms with Gasteiger partial charge in [-0.15, -0.1) is 0 Å². The van der Waals surface area contributed by atoms with E-state index >= 15 is 0 Å². The van der Waals surface area contributed by atoms with Crippen molar-refractivity contribution in [3.8, 4) is 0 Å². The van der Waals surface area contributed by atoms with Gasteiger partial charge in [0.25, 0.3) is 0 Å². The smallest absolute Gasteiger partial charge is 0.243 e. The second-order valence-corrected chi connectivity index (χ2v) is 5.82. The van der Waals surface area contributed by atoms with Gasteiger partial charge in [0.2, 0.25) is 5.91 Å². The number of carbonyl (C=O) groups is 1. The molecular weight excluding hydrogens is 260 g/mol. The van der Waals surface area contributed by atoms with E-state index in [2.05, 4.69) is 14.9 Å². The van der Waals surface area contributed by atoms with E-state index in [1.54, 1.807) is 0 Å². The van der Waals surface area contributed by atoms with Crippen molar-refractivity contribution in [2.75, 3.05) is 5.73 Å². The Morgan fingerprint density at radius 1 is 1.42 bits per heavy atom. The lowest BCUT2D eigenvalue weighted by Crippen LogP contribution is -2.29. The zero-order chi connectivity index (χ0) is 13.8. The number of hydrazone groups is 1. The van der Waals surface area contributed by atoms with Gasteiger partial charge in [-0.25, -0.2) is 5.43 Å². The number of hydrogen-bond donors (Lipinski definition) is 2. The molecule has 1 aliphatic carbocycles. The third-order valence-corrected chi connectivity index (χ3v) is 4.33. The van der Waals surface area contributed by atoms with Crippen molar-refractivity contribution in [2.45, 2.75) is 46.0 Å². The van der Waals surface area contributed by atoms with Crippen LogP contribution in [0.3, 0.4) is 0 Å². The predicted molar refractivity (Wildman–Crippen MR) is 78.2 cm³/mol. The summed E-state index contributed by atoms with van der Waals surface area (Å²) >= 11 is 1.26. The summed E-state index contributed by atoms with van der Waals surface area (Å²) in [4.78, 5) is 12.0. The van der Waals surface area contributed by atoms with Crippen molar-refractivity contribution >= 4 is 28.2 Å². The molecule has 0 unspecified atom stereocenters. The number of carbonyl (C=O) groups excluding carboxylic acids is 1. The van der Waals surface area contributed by atoms with Crippen molar-refractivity contribution in [1.82, 2.24) is 9.80 Å². The highest BCUT2D eigenvalue weighted by Crippen LogP contribution is 2.24. The van der Waals surface area contributed by atoms with Gasteiger partial charge in [0.05, 0.1) is 17.0 Å². The molecule has 0 radical (unpaired) electrons. The van der Waals surface area contributed by atoms with Crippen molar-refractivity contribution in [1.29, 1.82) is 0 Å². The first-order valence-corrected chi connectivity index (χ1v) is 7.43. The third kappa shape index (κ3) is 3.32. The molecule has 0 saturated heterocycles. The molecule has 1 amide bonds. The highest BCUT2D eigenvalue weighted by Gasteiger charge is 2.21. The molecule has 0 aromatic carbocycles. The van der Waals surface area contributed by atoms with Crippen molar-refractivity contribution in [3.05, 3.63) is 11.3 Å². The lowest BCUT2D eigenvalue weighted by Gasteiger charge is -2.19. The second-order valence-electron chi connectivity index (χ2n) is 5.02. The lowest BCUT2D eigenvalue weighted by molar-refractivity contribution is -0.125. The van der Waals surface area contributed by atoms with Gasteiger partial charge in [0.1, 0.15) is 5.00 Å². The molecule has 0 bridgehead atoms. The van der Waals surface area contributed by atoms with Crippen molar-refractivity contribution < 1.29 is 4.79 Å². The fourth-order valence-corrected chi connectivity index (χ4v) is 3.19. The number of nitrogens with one attached hydrogen (secondary N) is 1. The molecule has 1 fully saturated rings. The second kappa shape index (κ2) is 6.14. The quantitative estimate of drug-likeness (QED) is 0.659. The maximum Gasteiger partial charge on any atom is 0.243 e. The zero-order valence-electron chi connectivity index (χ0n) is 11.4. The molecule has 1 saturated carbocycles. The van der Waals surface area contributed by atoms with Crippen LogP contribution in [-0.2, 0) is 4.79 Å². The average molecular weight is 280 g/mol. The Balaban J connectivity index is 2.00. The first kappa shape index (κ1) is 14.0. The Hall–Kier alpha value is -1.43. The molecule has 2 rings (SSSR count). The zero-order valence-corrected chi connectivity index (χ0v) is 12.2. The van der Waals surface area contributed by atoms with Crippen LogP contribution < -0.4 is 11.2 Å². The largest absolute Gasteiger partial charge is 0.389 e. The molecule has 6 heteroatoms. The monoisotopic (exact) mass is 280 g/mol. The number of nitrogens with zero attached hydrogens (tertiary/aromatic N) is 2. The van der Waals surface area contributed by atoms with Gasteiger partial charge in [-0.2, -0.15) is 9.47 Å². The molecular formula is C13H20N4OS. The van der Waals surface area contributed by atoms with Gasteiger partial charge in [-0.05, 0) is 38.2 Å². The summed E-state index contributed by atoms with van der Waals surface area (Å²) in [6.07, 6.45) is 5.47. The topological polar surface area (TPSA) is 80.4 Å². The minimum Gasteiger partial charge on any atom is -0.389 e. The highest BCUT2D eigenvalue weighted by molar-refractivity contribution is 7.10. The van der Waals surface area contributed by atoms with E-state index < -0.39 is 0 Å². The van der Waals surface area contributed by atoms with E-state index in [4.69, 9.17) is 5.73 Å². The van der Waals surface area contributed by atoms with Crippen LogP contribution in [0.5, 0.6) is 0 Å². The maximum atomic E-state index is 12.0. The summed E-state index contributed by atoms with van der Waals surface area (Å²) in [6, 6.07) is 0. The lowest BCUT2D eigenvalue weighted by atomic mass is 9.89. The number of rotatable bonds is 3. The fraction of sp³-hybridized carbons (Fsp3) is 0.615. The van der Waals surface area contributed by atoms with E-state index in [0.717, 1.165) is 36.9 Å². The summed E-state index contributed by atoms with van der Waals surface area (Å²) in [6.45, 7) is 3.73. The highest BCUT2D eigenvalue weighted by atomic mass is 32.1. The Bertz CT molecular complexity index is 469. The molecule has 1 heterocycles. The number of aromatic nitrogens is 1. The molecule has 1 aliphatic rings. The van der Waals surface area contributed by atoms with Crippen LogP contribution in [0.1, 0.15) is 50.3 Å². The van der Waals surface area contributed by atoms with Crippen LogP contribution >= 0.6 is 11.5 Å². The van der Waals surface area contributed by atoms with Crippen molar-refractivity contribution in [3.63, 3.8) is 0 Å². The number of nitrogen functional groups attached to an aromatic ring is 1. The van der Waals surface area contributed by atoms with Gasteiger partial charge in [0.15, 0.2) is 0 Å². The summed E-state index contributed by atoms with van der Waals surface area (Å²) in [5, 5.41) is 4.81. The van der Waals surface area contributed by atoms with E-state index in [1.165, 1.54) is 18.0 Å². The Labute approximate surface area is 117 Å². The molecule has 19 heavy (non-hydrogen) atoms. The van der Waals surface area contributed by atoms with Gasteiger partial charge in [-0.3, -0.25) is 4.79 Å². The van der Waals surface area contributed by atoms with Crippen LogP contribution in [0.15, 0.2) is 5.10 Å². The predicted octanol–water partition coefficient (Wildman–Crippen LogP) is 2.45. The van der Waals surface area contributed by atoms with E-state index in [9.17, 15) is 4.79 Å². The van der Waals surface area contributed by atoms with Gasteiger partial charge in [-0.1, -0.05) is 19.3 Å². The maximum absolute atomic E-state index is 12.0. The van der Waals surface area contributed by atoms with Gasteiger partial charge < -0.3 is 5.73 Å². The minimum absolute atomic E-state index is 0.0264. The molecule has 104 valence electrons. The van der Waals surface area contributed by atoms with Gasteiger partial charge >= 0.3 is 0 Å². The van der Waals surface area contributed by atoms with Crippen LogP contribution in [0.4, 0.5) is 5.00 Å². The number of hydrogen-bond acceptors (Lipinski definition) is 5. The van der Waals surface area contributed by atoms with Crippen LogP contribution in [0.2, 0.25) is 0 Å². The summed E-state index contributed by atoms with van der Waals surface area (Å²) in [7, 11) is 0. The van der Waals surface area contributed by atoms with Crippen LogP contribution in [0, 0.1) is 12.8 Å². The first-order chi connectivity index (χ1) is 9.09. The number of aryl methyl sites for hydroxylation is 1. The van der Waals surface area contributed by atoms with E-state index in [1.807, 2.05) is 13.8 Å². The molecule has 1 aromatic rings. The summed E-state index contributed by atoms with van der Waals surface area (Å²) in [5.41, 5.74) is 10.9. The Morgan fingerprint density at radius 3 is 2.68 bits per heavy atom.